The molecule has 4 aromatic rings. The van der Waals surface area contributed by atoms with Gasteiger partial charge in [-0.05, 0) is 43.0 Å². The number of imide groups is 1. The lowest BCUT2D eigenvalue weighted by atomic mass is 9.78. The van der Waals surface area contributed by atoms with E-state index in [1.807, 2.05) is 43.3 Å². The van der Waals surface area contributed by atoms with Crippen molar-refractivity contribution in [1.82, 2.24) is 29.4 Å². The van der Waals surface area contributed by atoms with Crippen LogP contribution in [0.3, 0.4) is 0 Å². The Hall–Kier alpha value is -4.01. The summed E-state index contributed by atoms with van der Waals surface area (Å²) in [4.78, 5) is 40.5. The summed E-state index contributed by atoms with van der Waals surface area (Å²) in [5.41, 5.74) is 2.81. The molecule has 6 rings (SSSR count). The minimum Gasteiger partial charge on any atom is -0.323 e. The molecule has 1 N–H and O–H groups in total. The van der Waals surface area contributed by atoms with E-state index in [1.54, 1.807) is 11.4 Å². The van der Waals surface area contributed by atoms with E-state index in [0.29, 0.717) is 35.3 Å². The maximum absolute atomic E-state index is 13.5. The number of urea groups is 1. The third kappa shape index (κ3) is 2.75. The Morgan fingerprint density at radius 3 is 2.67 bits per heavy atom. The number of aryl methyl sites for hydroxylation is 3. The molecule has 3 amide bonds. The average Bonchev–Trinajstić information content (AvgIpc) is 3.32. The van der Waals surface area contributed by atoms with E-state index in [1.165, 1.54) is 15.0 Å². The van der Waals surface area contributed by atoms with Gasteiger partial charge in [-0.25, -0.2) is 4.79 Å². The maximum Gasteiger partial charge on any atom is 0.325 e. The molecular weight excluding hydrogens is 420 g/mol. The normalized spacial score (nSPS) is 20.1. The quantitative estimate of drug-likeness (QED) is 0.478. The van der Waals surface area contributed by atoms with Gasteiger partial charge in [-0.2, -0.15) is 0 Å². The van der Waals surface area contributed by atoms with Crippen molar-refractivity contribution in [3.05, 3.63) is 75.3 Å². The molecular formula is C24H22N6O3. The first-order valence-corrected chi connectivity index (χ1v) is 10.9. The zero-order chi connectivity index (χ0) is 22.9. The number of fused-ring (bicyclic) bond motifs is 4. The fraction of sp³-hybridized carbons (Fsp3) is 0.292. The molecule has 1 spiro atoms. The molecule has 0 radical (unpaired) electrons. The minimum absolute atomic E-state index is 0.0313. The van der Waals surface area contributed by atoms with Gasteiger partial charge in [0.1, 0.15) is 5.54 Å². The van der Waals surface area contributed by atoms with Gasteiger partial charge in [0.2, 0.25) is 5.78 Å². The van der Waals surface area contributed by atoms with Gasteiger partial charge in [-0.1, -0.05) is 35.9 Å². The van der Waals surface area contributed by atoms with Crippen LogP contribution in [0.4, 0.5) is 4.79 Å². The number of nitrogens with one attached hydrogen (secondary N) is 1. The zero-order valence-electron chi connectivity index (χ0n) is 18.3. The van der Waals surface area contributed by atoms with Crippen molar-refractivity contribution in [2.75, 3.05) is 0 Å². The number of amides is 3. The highest BCUT2D eigenvalue weighted by Gasteiger charge is 2.52. The molecule has 9 nitrogen and oxygen atoms in total. The molecule has 2 aromatic carbocycles. The van der Waals surface area contributed by atoms with E-state index < -0.39 is 11.6 Å². The second kappa shape index (κ2) is 6.74. The third-order valence-corrected chi connectivity index (χ3v) is 6.92. The van der Waals surface area contributed by atoms with E-state index in [4.69, 9.17) is 0 Å². The van der Waals surface area contributed by atoms with Gasteiger partial charge in [0.05, 0.1) is 17.4 Å². The van der Waals surface area contributed by atoms with E-state index in [-0.39, 0.29) is 18.0 Å². The number of rotatable bonds is 2. The molecule has 1 unspecified atom stereocenters. The SMILES string of the molecule is Cc1ccc2c(c1)c(=O)n(C)c1nnc(CN3C(=O)NC4(CCc5ccccc5C4)C3=O)n21. The van der Waals surface area contributed by atoms with Crippen molar-refractivity contribution in [2.24, 2.45) is 7.05 Å². The predicted molar refractivity (Wildman–Crippen MR) is 121 cm³/mol. The first-order valence-electron chi connectivity index (χ1n) is 10.9. The molecule has 0 saturated carbocycles. The number of carbonyl (C=O) groups is 2. The number of hydrogen-bond donors (Lipinski definition) is 1. The van der Waals surface area contributed by atoms with E-state index >= 15 is 0 Å². The molecule has 1 fully saturated rings. The summed E-state index contributed by atoms with van der Waals surface area (Å²) < 4.78 is 3.18. The fourth-order valence-electron chi connectivity index (χ4n) is 5.15. The molecule has 1 saturated heterocycles. The van der Waals surface area contributed by atoms with E-state index in [2.05, 4.69) is 21.6 Å². The molecule has 1 atom stereocenters. The number of carbonyl (C=O) groups excluding carboxylic acids is 2. The maximum atomic E-state index is 13.5. The minimum atomic E-state index is -0.933. The van der Waals surface area contributed by atoms with Crippen LogP contribution in [0, 0.1) is 6.92 Å². The van der Waals surface area contributed by atoms with Crippen LogP contribution in [0.2, 0.25) is 0 Å². The van der Waals surface area contributed by atoms with Crippen LogP contribution in [-0.2, 0) is 31.2 Å². The predicted octanol–water partition coefficient (Wildman–Crippen LogP) is 1.87. The Morgan fingerprint density at radius 2 is 1.85 bits per heavy atom. The van der Waals surface area contributed by atoms with Crippen LogP contribution in [0.5, 0.6) is 0 Å². The molecule has 2 aliphatic rings. The van der Waals surface area contributed by atoms with Gasteiger partial charge < -0.3 is 5.32 Å². The lowest BCUT2D eigenvalue weighted by Gasteiger charge is -2.32. The molecule has 166 valence electrons. The van der Waals surface area contributed by atoms with Crippen molar-refractivity contribution in [1.29, 1.82) is 0 Å². The molecule has 2 aromatic heterocycles. The molecule has 0 bridgehead atoms. The number of hydrogen-bond acceptors (Lipinski definition) is 5. The zero-order valence-corrected chi connectivity index (χ0v) is 18.3. The molecule has 9 heteroatoms. The van der Waals surface area contributed by atoms with Crippen molar-refractivity contribution in [3.8, 4) is 0 Å². The Morgan fingerprint density at radius 1 is 1.06 bits per heavy atom. The summed E-state index contributed by atoms with van der Waals surface area (Å²) in [6.07, 6.45) is 1.76. The van der Waals surface area contributed by atoms with Crippen molar-refractivity contribution in [2.45, 2.75) is 38.3 Å². The lowest BCUT2D eigenvalue weighted by molar-refractivity contribution is -0.132. The van der Waals surface area contributed by atoms with Gasteiger partial charge in [0, 0.05) is 13.5 Å². The van der Waals surface area contributed by atoms with Gasteiger partial charge in [0.25, 0.3) is 11.5 Å². The summed E-state index contributed by atoms with van der Waals surface area (Å²) >= 11 is 0. The highest BCUT2D eigenvalue weighted by Crippen LogP contribution is 2.34. The van der Waals surface area contributed by atoms with E-state index in [0.717, 1.165) is 17.5 Å². The Kier molecular flexibility index (Phi) is 4.02. The van der Waals surface area contributed by atoms with Crippen LogP contribution in [0.25, 0.3) is 16.7 Å². The summed E-state index contributed by atoms with van der Waals surface area (Å²) in [6.45, 7) is 1.89. The van der Waals surface area contributed by atoms with Crippen LogP contribution >= 0.6 is 0 Å². The molecule has 1 aliphatic heterocycles. The Labute approximate surface area is 188 Å². The molecule has 3 heterocycles. The van der Waals surface area contributed by atoms with Crippen molar-refractivity contribution < 1.29 is 9.59 Å². The highest BCUT2D eigenvalue weighted by atomic mass is 16.2. The first kappa shape index (κ1) is 19.7. The summed E-state index contributed by atoms with van der Waals surface area (Å²) in [6, 6.07) is 13.2. The van der Waals surface area contributed by atoms with Gasteiger partial charge in [-0.15, -0.1) is 10.2 Å². The highest BCUT2D eigenvalue weighted by molar-refractivity contribution is 6.07. The fourth-order valence-corrected chi connectivity index (χ4v) is 5.15. The smallest absolute Gasteiger partial charge is 0.323 e. The topological polar surface area (TPSA) is 102 Å². The lowest BCUT2D eigenvalue weighted by Crippen LogP contribution is -2.51. The van der Waals surface area contributed by atoms with Crippen molar-refractivity contribution in [3.63, 3.8) is 0 Å². The van der Waals surface area contributed by atoms with Gasteiger partial charge >= 0.3 is 6.03 Å². The van der Waals surface area contributed by atoms with Crippen molar-refractivity contribution >= 4 is 28.6 Å². The first-order chi connectivity index (χ1) is 15.9. The Bertz CT molecular complexity index is 1550. The van der Waals surface area contributed by atoms with E-state index in [9.17, 15) is 14.4 Å². The second-order valence-electron chi connectivity index (χ2n) is 8.99. The molecule has 33 heavy (non-hydrogen) atoms. The summed E-state index contributed by atoms with van der Waals surface area (Å²) in [7, 11) is 1.64. The third-order valence-electron chi connectivity index (χ3n) is 6.92. The average molecular weight is 442 g/mol. The van der Waals surface area contributed by atoms with Crippen LogP contribution in [0.15, 0.2) is 47.3 Å². The monoisotopic (exact) mass is 442 g/mol. The van der Waals surface area contributed by atoms with Crippen LogP contribution in [-0.4, -0.2) is 41.5 Å². The van der Waals surface area contributed by atoms with Gasteiger partial charge in [0.15, 0.2) is 5.82 Å². The van der Waals surface area contributed by atoms with Crippen LogP contribution < -0.4 is 10.9 Å². The summed E-state index contributed by atoms with van der Waals surface area (Å²) in [5.74, 6) is 0.537. The number of nitrogens with zero attached hydrogens (tertiary/aromatic N) is 5. The van der Waals surface area contributed by atoms with Gasteiger partial charge in [-0.3, -0.25) is 23.5 Å². The largest absolute Gasteiger partial charge is 0.325 e. The Balaban J connectivity index is 1.41. The molecule has 1 aliphatic carbocycles. The summed E-state index contributed by atoms with van der Waals surface area (Å²) in [5, 5.41) is 11.9. The standard InChI is InChI=1S/C24H22N6O3/c1-14-7-8-18-17(11-14)20(31)28(2)22-27-26-19(30(18)22)13-29-21(32)24(25-23(29)33)10-9-15-5-3-4-6-16(15)12-24/h3-8,11H,9-10,12-13H2,1-2H3,(H,25,33). The second-order valence-corrected chi connectivity index (χ2v) is 8.99. The van der Waals surface area contributed by atoms with Crippen LogP contribution in [0.1, 0.15) is 28.9 Å². The number of aromatic nitrogens is 4. The number of benzene rings is 2.